The molecule has 0 amide bonds. The van der Waals surface area contributed by atoms with Gasteiger partial charge in [0.1, 0.15) is 10.7 Å². The van der Waals surface area contributed by atoms with Crippen LogP contribution in [0, 0.1) is 0 Å². The Bertz CT molecular complexity index is 904. The number of aromatic nitrogens is 4. The molecule has 25 heavy (non-hydrogen) atoms. The topological polar surface area (TPSA) is 104 Å². The zero-order chi connectivity index (χ0) is 18.2. The first-order valence-electron chi connectivity index (χ1n) is 7.36. The van der Waals surface area contributed by atoms with Gasteiger partial charge < -0.3 is 0 Å². The van der Waals surface area contributed by atoms with Crippen molar-refractivity contribution in [2.24, 2.45) is 5.14 Å². The number of nitrogens with zero attached hydrogens (tertiary/aromatic N) is 4. The van der Waals surface area contributed by atoms with Crippen molar-refractivity contribution in [1.29, 1.82) is 0 Å². The summed E-state index contributed by atoms with van der Waals surface area (Å²) in [4.78, 5) is 7.28. The average molecular weight is 373 g/mol. The molecule has 2 N–H and O–H groups in total. The van der Waals surface area contributed by atoms with Gasteiger partial charge >= 0.3 is 6.18 Å². The van der Waals surface area contributed by atoms with Crippen LogP contribution in [-0.2, 0) is 16.2 Å². The minimum absolute atomic E-state index is 0.0318. The highest BCUT2D eigenvalue weighted by molar-refractivity contribution is 7.89. The first-order valence-corrected chi connectivity index (χ1v) is 8.91. The van der Waals surface area contributed by atoms with Gasteiger partial charge in [-0.3, -0.25) is 0 Å². The van der Waals surface area contributed by atoms with E-state index in [1.54, 1.807) is 6.08 Å². The summed E-state index contributed by atoms with van der Waals surface area (Å²) in [6, 6.07) is 2.40. The maximum atomic E-state index is 13.0. The Hall–Kier alpha value is -2.27. The summed E-state index contributed by atoms with van der Waals surface area (Å²) in [6.45, 7) is 0. The molecule has 0 aromatic carbocycles. The second-order valence-corrected chi connectivity index (χ2v) is 7.13. The van der Waals surface area contributed by atoms with Crippen molar-refractivity contribution in [1.82, 2.24) is 19.7 Å². The number of sulfonamides is 1. The normalized spacial score (nSPS) is 18.5. The van der Waals surface area contributed by atoms with Crippen molar-refractivity contribution < 1.29 is 21.6 Å². The zero-order valence-electron chi connectivity index (χ0n) is 12.8. The minimum atomic E-state index is -4.70. The van der Waals surface area contributed by atoms with E-state index in [4.69, 9.17) is 5.14 Å². The fourth-order valence-electron chi connectivity index (χ4n) is 2.55. The number of nitrogens with two attached hydrogens (primary N) is 1. The molecule has 2 aromatic heterocycles. The summed E-state index contributed by atoms with van der Waals surface area (Å²) in [5.74, 6) is -1.45. The minimum Gasteiger partial charge on any atom is -0.236 e. The molecule has 1 aliphatic rings. The molecule has 1 aliphatic carbocycles. The van der Waals surface area contributed by atoms with Crippen molar-refractivity contribution in [2.45, 2.75) is 36.3 Å². The van der Waals surface area contributed by atoms with E-state index in [1.807, 2.05) is 6.08 Å². The average Bonchev–Trinajstić information content (AvgIpc) is 3.00. The van der Waals surface area contributed by atoms with Gasteiger partial charge in [0, 0.05) is 12.1 Å². The molecule has 3 rings (SSSR count). The number of halogens is 3. The van der Waals surface area contributed by atoms with E-state index >= 15 is 0 Å². The van der Waals surface area contributed by atoms with Gasteiger partial charge in [0.25, 0.3) is 5.82 Å². The van der Waals surface area contributed by atoms with Gasteiger partial charge in [-0.1, -0.05) is 12.2 Å². The second-order valence-electron chi connectivity index (χ2n) is 5.57. The summed E-state index contributed by atoms with van der Waals surface area (Å²) < 4.78 is 62.6. The Morgan fingerprint density at radius 1 is 1.28 bits per heavy atom. The van der Waals surface area contributed by atoms with Gasteiger partial charge in [-0.15, -0.1) is 5.10 Å². The van der Waals surface area contributed by atoms with Crippen LogP contribution in [0.15, 0.2) is 35.4 Å². The van der Waals surface area contributed by atoms with E-state index in [0.29, 0.717) is 6.42 Å². The van der Waals surface area contributed by atoms with Crippen molar-refractivity contribution in [3.05, 3.63) is 42.1 Å². The molecule has 0 bridgehead atoms. The molecule has 2 heterocycles. The Labute approximate surface area is 141 Å². The van der Waals surface area contributed by atoms with E-state index in [-0.39, 0.29) is 22.5 Å². The molecule has 2 aromatic rings. The first kappa shape index (κ1) is 17.5. The molecule has 134 valence electrons. The van der Waals surface area contributed by atoms with Gasteiger partial charge in [-0.25, -0.2) is 23.5 Å². The highest BCUT2D eigenvalue weighted by Crippen LogP contribution is 2.32. The number of pyridine rings is 1. The molecule has 0 saturated carbocycles. The third-order valence-corrected chi connectivity index (χ3v) is 4.64. The number of hydrogen-bond donors (Lipinski definition) is 1. The lowest BCUT2D eigenvalue weighted by molar-refractivity contribution is -0.144. The summed E-state index contributed by atoms with van der Waals surface area (Å²) in [5, 5.41) is 8.52. The highest BCUT2D eigenvalue weighted by Gasteiger charge is 2.38. The molecule has 0 saturated heterocycles. The van der Waals surface area contributed by atoms with E-state index in [1.165, 1.54) is 6.07 Å². The number of rotatable bonds is 3. The summed E-state index contributed by atoms with van der Waals surface area (Å²) in [5.41, 5.74) is 0. The SMILES string of the molecule is NS(=O)(=O)c1ccc(-n2nc(C(F)(F)F)nc2C2C=CCCC2)nc1. The third-order valence-electron chi connectivity index (χ3n) is 3.74. The molecule has 11 heteroatoms. The Morgan fingerprint density at radius 3 is 2.56 bits per heavy atom. The first-order chi connectivity index (χ1) is 11.7. The number of allylic oxidation sites excluding steroid dienone is 2. The Morgan fingerprint density at radius 2 is 2.04 bits per heavy atom. The van der Waals surface area contributed by atoms with Gasteiger partial charge in [0.2, 0.25) is 10.0 Å². The lowest BCUT2D eigenvalue weighted by atomic mass is 9.95. The van der Waals surface area contributed by atoms with Crippen LogP contribution < -0.4 is 5.14 Å². The van der Waals surface area contributed by atoms with Crippen LogP contribution >= 0.6 is 0 Å². The predicted molar refractivity (Wildman–Crippen MR) is 81.3 cm³/mol. The van der Waals surface area contributed by atoms with Gasteiger partial charge in [-0.2, -0.15) is 17.9 Å². The Kier molecular flexibility index (Phi) is 4.37. The molecular weight excluding hydrogens is 359 g/mol. The molecule has 0 fully saturated rings. The van der Waals surface area contributed by atoms with E-state index < -0.39 is 22.0 Å². The lowest BCUT2D eigenvalue weighted by Crippen LogP contribution is -2.14. The summed E-state index contributed by atoms with van der Waals surface area (Å²) in [7, 11) is -3.95. The van der Waals surface area contributed by atoms with Crippen LogP contribution in [0.3, 0.4) is 0 Å². The molecule has 0 aliphatic heterocycles. The van der Waals surface area contributed by atoms with Crippen molar-refractivity contribution in [3.8, 4) is 5.82 Å². The highest BCUT2D eigenvalue weighted by atomic mass is 32.2. The van der Waals surface area contributed by atoms with Crippen molar-refractivity contribution >= 4 is 10.0 Å². The quantitative estimate of drug-likeness (QED) is 0.831. The van der Waals surface area contributed by atoms with Crippen molar-refractivity contribution in [2.75, 3.05) is 0 Å². The second kappa shape index (κ2) is 6.23. The van der Waals surface area contributed by atoms with E-state index in [9.17, 15) is 21.6 Å². The maximum Gasteiger partial charge on any atom is 0.453 e. The third kappa shape index (κ3) is 3.71. The van der Waals surface area contributed by atoms with Crippen LogP contribution in [0.1, 0.15) is 36.8 Å². The fourth-order valence-corrected chi connectivity index (χ4v) is 3.00. The van der Waals surface area contributed by atoms with E-state index in [0.717, 1.165) is 29.8 Å². The smallest absolute Gasteiger partial charge is 0.236 e. The van der Waals surface area contributed by atoms with E-state index in [2.05, 4.69) is 15.1 Å². The molecule has 1 atom stereocenters. The Balaban J connectivity index is 2.09. The van der Waals surface area contributed by atoms with Gasteiger partial charge in [-0.05, 0) is 31.4 Å². The predicted octanol–water partition coefficient (Wildman–Crippen LogP) is 2.15. The van der Waals surface area contributed by atoms with Gasteiger partial charge in [0.05, 0.1) is 0 Å². The number of hydrogen-bond acceptors (Lipinski definition) is 5. The largest absolute Gasteiger partial charge is 0.453 e. The maximum absolute atomic E-state index is 13.0. The van der Waals surface area contributed by atoms with Crippen LogP contribution in [0.4, 0.5) is 13.2 Å². The monoisotopic (exact) mass is 373 g/mol. The lowest BCUT2D eigenvalue weighted by Gasteiger charge is -2.16. The molecule has 0 spiro atoms. The van der Waals surface area contributed by atoms with Crippen LogP contribution in [0.25, 0.3) is 5.82 Å². The standard InChI is InChI=1S/C14H14F3N5O2S/c15-14(16,17)13-20-12(9-4-2-1-3-5-9)22(21-13)11-7-6-10(8-19-11)25(18,23)24/h2,4,6-9H,1,3,5H2,(H2,18,23,24). The number of primary sulfonamides is 1. The zero-order valence-corrected chi connectivity index (χ0v) is 13.6. The molecule has 0 radical (unpaired) electrons. The van der Waals surface area contributed by atoms with Crippen LogP contribution in [-0.4, -0.2) is 28.2 Å². The molecule has 7 nitrogen and oxygen atoms in total. The number of alkyl halides is 3. The summed E-state index contributed by atoms with van der Waals surface area (Å²) in [6.07, 6.45) is 2.28. The fraction of sp³-hybridized carbons (Fsp3) is 0.357. The molecular formula is C14H14F3N5O2S. The summed E-state index contributed by atoms with van der Waals surface area (Å²) >= 11 is 0. The van der Waals surface area contributed by atoms with Crippen LogP contribution in [0.5, 0.6) is 0 Å². The van der Waals surface area contributed by atoms with Crippen molar-refractivity contribution in [3.63, 3.8) is 0 Å². The molecule has 1 unspecified atom stereocenters. The van der Waals surface area contributed by atoms with Gasteiger partial charge in [0.15, 0.2) is 5.82 Å². The van der Waals surface area contributed by atoms with Crippen LogP contribution in [0.2, 0.25) is 0 Å².